The van der Waals surface area contributed by atoms with E-state index >= 15 is 0 Å². The minimum atomic E-state index is -4.86. The van der Waals surface area contributed by atoms with Crippen LogP contribution < -0.4 is 0 Å². The SMILES string of the molecule is CN(C(C)(C)CO)S(=O)(=O)c1ccc(Cl)cc1C(F)(F)F. The molecule has 0 aliphatic heterocycles. The van der Waals surface area contributed by atoms with E-state index in [0.717, 1.165) is 19.2 Å². The summed E-state index contributed by atoms with van der Waals surface area (Å²) in [6.45, 7) is 2.25. The molecule has 0 fully saturated rings. The van der Waals surface area contributed by atoms with E-state index in [9.17, 15) is 26.7 Å². The Morgan fingerprint density at radius 3 is 2.24 bits per heavy atom. The summed E-state index contributed by atoms with van der Waals surface area (Å²) >= 11 is 5.52. The van der Waals surface area contributed by atoms with Gasteiger partial charge < -0.3 is 5.11 Å². The van der Waals surface area contributed by atoms with Crippen molar-refractivity contribution >= 4 is 21.6 Å². The van der Waals surface area contributed by atoms with E-state index < -0.39 is 38.8 Å². The van der Waals surface area contributed by atoms with Crippen LogP contribution in [0.15, 0.2) is 23.1 Å². The molecule has 0 amide bonds. The first-order valence-corrected chi connectivity index (χ1v) is 7.62. The fraction of sp³-hybridized carbons (Fsp3) is 0.500. The van der Waals surface area contributed by atoms with Gasteiger partial charge in [-0.25, -0.2) is 8.42 Å². The number of nitrogens with zero attached hydrogens (tertiary/aromatic N) is 1. The maximum Gasteiger partial charge on any atom is 0.417 e. The highest BCUT2D eigenvalue weighted by Gasteiger charge is 2.41. The second-order valence-electron chi connectivity index (χ2n) is 5.08. The fourth-order valence-electron chi connectivity index (χ4n) is 1.52. The molecule has 0 unspecified atom stereocenters. The van der Waals surface area contributed by atoms with Gasteiger partial charge in [-0.3, -0.25) is 0 Å². The number of benzene rings is 1. The number of aliphatic hydroxyl groups is 1. The highest BCUT2D eigenvalue weighted by atomic mass is 35.5. The highest BCUT2D eigenvalue weighted by molar-refractivity contribution is 7.89. The molecule has 0 bridgehead atoms. The number of hydrogen-bond donors (Lipinski definition) is 1. The Labute approximate surface area is 126 Å². The maximum absolute atomic E-state index is 13.0. The largest absolute Gasteiger partial charge is 0.417 e. The van der Waals surface area contributed by atoms with Crippen LogP contribution in [0.1, 0.15) is 19.4 Å². The van der Waals surface area contributed by atoms with Crippen molar-refractivity contribution in [3.63, 3.8) is 0 Å². The van der Waals surface area contributed by atoms with Crippen molar-refractivity contribution in [1.29, 1.82) is 0 Å². The van der Waals surface area contributed by atoms with Gasteiger partial charge in [0.2, 0.25) is 10.0 Å². The second-order valence-corrected chi connectivity index (χ2v) is 7.46. The van der Waals surface area contributed by atoms with Crippen molar-refractivity contribution in [3.8, 4) is 0 Å². The first-order valence-electron chi connectivity index (χ1n) is 5.80. The first-order chi connectivity index (χ1) is 9.34. The second kappa shape index (κ2) is 5.75. The summed E-state index contributed by atoms with van der Waals surface area (Å²) in [5.41, 5.74) is -2.59. The molecule has 0 spiro atoms. The molecule has 1 aromatic carbocycles. The summed E-state index contributed by atoms with van der Waals surface area (Å²) < 4.78 is 64.5. The molecule has 1 aromatic rings. The first kappa shape index (κ1) is 18.2. The Hall–Kier alpha value is -0.830. The van der Waals surface area contributed by atoms with Crippen molar-refractivity contribution in [2.75, 3.05) is 13.7 Å². The minimum absolute atomic E-state index is 0.217. The zero-order valence-electron chi connectivity index (χ0n) is 11.6. The van der Waals surface area contributed by atoms with Gasteiger partial charge in [0.15, 0.2) is 0 Å². The van der Waals surface area contributed by atoms with E-state index in [1.165, 1.54) is 13.8 Å². The molecule has 9 heteroatoms. The number of halogens is 4. The lowest BCUT2D eigenvalue weighted by Gasteiger charge is -2.33. The van der Waals surface area contributed by atoms with Crippen LogP contribution >= 0.6 is 11.6 Å². The number of alkyl halides is 3. The zero-order chi connectivity index (χ0) is 16.6. The summed E-state index contributed by atoms with van der Waals surface area (Å²) in [4.78, 5) is -0.900. The number of likely N-dealkylation sites (N-methyl/N-ethyl adjacent to an activating group) is 1. The van der Waals surface area contributed by atoms with Crippen molar-refractivity contribution in [3.05, 3.63) is 28.8 Å². The van der Waals surface area contributed by atoms with Gasteiger partial charge in [-0.1, -0.05) is 11.6 Å². The van der Waals surface area contributed by atoms with Gasteiger partial charge in [-0.05, 0) is 32.0 Å². The van der Waals surface area contributed by atoms with Crippen LogP contribution in [0.4, 0.5) is 13.2 Å². The van der Waals surface area contributed by atoms with Gasteiger partial charge in [0, 0.05) is 12.1 Å². The molecule has 0 saturated heterocycles. The van der Waals surface area contributed by atoms with Crippen LogP contribution in [-0.4, -0.2) is 37.0 Å². The maximum atomic E-state index is 13.0. The van der Waals surface area contributed by atoms with Crippen LogP contribution in [-0.2, 0) is 16.2 Å². The van der Waals surface area contributed by atoms with E-state index in [4.69, 9.17) is 11.6 Å². The molecule has 21 heavy (non-hydrogen) atoms. The molecule has 0 aromatic heterocycles. The molecule has 4 nitrogen and oxygen atoms in total. The van der Waals surface area contributed by atoms with E-state index in [1.54, 1.807) is 0 Å². The van der Waals surface area contributed by atoms with Crippen molar-refractivity contribution in [1.82, 2.24) is 4.31 Å². The lowest BCUT2D eigenvalue weighted by Crippen LogP contribution is -2.47. The summed E-state index contributed by atoms with van der Waals surface area (Å²) in [7, 11) is -3.33. The fourth-order valence-corrected chi connectivity index (χ4v) is 3.39. The van der Waals surface area contributed by atoms with Crippen molar-refractivity contribution < 1.29 is 26.7 Å². The summed E-state index contributed by atoms with van der Waals surface area (Å²) in [6.07, 6.45) is -4.86. The smallest absolute Gasteiger partial charge is 0.394 e. The number of hydrogen-bond acceptors (Lipinski definition) is 3. The Bertz CT molecular complexity index is 629. The standard InChI is InChI=1S/C12H15ClF3NO3S/c1-11(2,7-18)17(3)21(19,20)10-5-4-8(13)6-9(10)12(14,15)16/h4-6,18H,7H2,1-3H3. The lowest BCUT2D eigenvalue weighted by molar-refractivity contribution is -0.139. The molecule has 1 N–H and O–H groups in total. The summed E-state index contributed by atoms with van der Waals surface area (Å²) in [5, 5.41) is 8.98. The molecular formula is C12H15ClF3NO3S. The highest BCUT2D eigenvalue weighted by Crippen LogP contribution is 2.37. The van der Waals surface area contributed by atoms with Crippen molar-refractivity contribution in [2.24, 2.45) is 0 Å². The van der Waals surface area contributed by atoms with Gasteiger partial charge in [-0.15, -0.1) is 0 Å². The molecule has 1 rings (SSSR count). The normalized spacial score (nSPS) is 13.8. The van der Waals surface area contributed by atoms with Crippen LogP contribution in [0.5, 0.6) is 0 Å². The molecule has 0 heterocycles. The molecular weight excluding hydrogens is 331 g/mol. The third-order valence-corrected chi connectivity index (χ3v) is 5.49. The number of rotatable bonds is 4. The number of sulfonamides is 1. The number of aliphatic hydroxyl groups excluding tert-OH is 1. The Kier molecular flexibility index (Phi) is 4.99. The quantitative estimate of drug-likeness (QED) is 0.913. The average Bonchev–Trinajstić information content (AvgIpc) is 2.36. The Morgan fingerprint density at radius 2 is 1.81 bits per heavy atom. The predicted octanol–water partition coefficient (Wildman–Crippen LogP) is 2.75. The summed E-state index contributed by atoms with van der Waals surface area (Å²) in [6, 6.07) is 2.45. The van der Waals surface area contributed by atoms with Crippen LogP contribution in [0.3, 0.4) is 0 Å². The van der Waals surface area contributed by atoms with Crippen molar-refractivity contribution in [2.45, 2.75) is 30.5 Å². The van der Waals surface area contributed by atoms with Crippen LogP contribution in [0, 0.1) is 0 Å². The topological polar surface area (TPSA) is 57.6 Å². The lowest BCUT2D eigenvalue weighted by atomic mass is 10.1. The zero-order valence-corrected chi connectivity index (χ0v) is 13.1. The van der Waals surface area contributed by atoms with E-state index in [0.29, 0.717) is 10.4 Å². The van der Waals surface area contributed by atoms with Gasteiger partial charge in [0.25, 0.3) is 0 Å². The Morgan fingerprint density at radius 1 is 1.29 bits per heavy atom. The molecule has 120 valence electrons. The van der Waals surface area contributed by atoms with E-state index in [-0.39, 0.29) is 5.02 Å². The van der Waals surface area contributed by atoms with Crippen LogP contribution in [0.2, 0.25) is 5.02 Å². The third kappa shape index (κ3) is 3.68. The average molecular weight is 346 g/mol. The van der Waals surface area contributed by atoms with E-state index in [1.807, 2.05) is 0 Å². The molecule has 0 radical (unpaired) electrons. The minimum Gasteiger partial charge on any atom is -0.394 e. The van der Waals surface area contributed by atoms with Gasteiger partial charge in [0.05, 0.1) is 22.6 Å². The Balaban J connectivity index is 3.53. The van der Waals surface area contributed by atoms with Crippen LogP contribution in [0.25, 0.3) is 0 Å². The van der Waals surface area contributed by atoms with Gasteiger partial charge >= 0.3 is 6.18 Å². The van der Waals surface area contributed by atoms with E-state index in [2.05, 4.69) is 0 Å². The molecule has 0 aliphatic rings. The summed E-state index contributed by atoms with van der Waals surface area (Å²) in [5.74, 6) is 0. The molecule has 0 atom stereocenters. The monoisotopic (exact) mass is 345 g/mol. The molecule has 0 saturated carbocycles. The van der Waals surface area contributed by atoms with Gasteiger partial charge in [-0.2, -0.15) is 17.5 Å². The van der Waals surface area contributed by atoms with Gasteiger partial charge in [0.1, 0.15) is 0 Å². The third-order valence-electron chi connectivity index (χ3n) is 3.12. The predicted molar refractivity (Wildman–Crippen MR) is 72.6 cm³/mol. The molecule has 0 aliphatic carbocycles.